The molecule has 1 amide bonds. The fraction of sp³-hybridized carbons (Fsp3) is 0.680. The molecule has 1 aliphatic carbocycles. The van der Waals surface area contributed by atoms with Gasteiger partial charge in [0, 0.05) is 30.7 Å². The van der Waals surface area contributed by atoms with Crippen LogP contribution in [0.2, 0.25) is 5.02 Å². The van der Waals surface area contributed by atoms with Crippen molar-refractivity contribution in [3.63, 3.8) is 0 Å². The van der Waals surface area contributed by atoms with Crippen LogP contribution in [0.15, 0.2) is 24.3 Å². The van der Waals surface area contributed by atoms with Crippen LogP contribution in [0, 0.1) is 5.92 Å². The van der Waals surface area contributed by atoms with Gasteiger partial charge in [0.05, 0.1) is 11.5 Å². The van der Waals surface area contributed by atoms with Crippen molar-refractivity contribution >= 4 is 23.5 Å². The number of esters is 1. The number of carbonyl (C=O) groups excluding carboxylic acids is 2. The van der Waals surface area contributed by atoms with E-state index in [0.717, 1.165) is 37.7 Å². The molecule has 1 saturated carbocycles. The highest BCUT2D eigenvalue weighted by atomic mass is 35.5. The Labute approximate surface area is 196 Å². The average Bonchev–Trinajstić information content (AvgIpc) is 2.73. The van der Waals surface area contributed by atoms with Gasteiger partial charge < -0.3 is 19.1 Å². The summed E-state index contributed by atoms with van der Waals surface area (Å²) in [6, 6.07) is 6.80. The van der Waals surface area contributed by atoms with E-state index in [1.54, 1.807) is 4.90 Å². The van der Waals surface area contributed by atoms with Gasteiger partial charge in [-0.3, -0.25) is 4.79 Å². The van der Waals surface area contributed by atoms with Crippen molar-refractivity contribution in [3.05, 3.63) is 34.9 Å². The largest absolute Gasteiger partial charge is 0.461 e. The van der Waals surface area contributed by atoms with Crippen molar-refractivity contribution in [2.75, 3.05) is 19.8 Å². The van der Waals surface area contributed by atoms with Crippen molar-refractivity contribution in [2.24, 2.45) is 5.92 Å². The summed E-state index contributed by atoms with van der Waals surface area (Å²) < 4.78 is 17.4. The second-order valence-electron chi connectivity index (χ2n) is 8.96. The van der Waals surface area contributed by atoms with Gasteiger partial charge in [-0.1, -0.05) is 30.2 Å². The van der Waals surface area contributed by atoms with E-state index >= 15 is 0 Å². The molecule has 2 atom stereocenters. The maximum atomic E-state index is 14.1. The molecule has 2 fully saturated rings. The third-order valence-electron chi connectivity index (χ3n) is 6.56. The quantitative estimate of drug-likeness (QED) is 0.390. The maximum absolute atomic E-state index is 14.1. The van der Waals surface area contributed by atoms with E-state index in [2.05, 4.69) is 0 Å². The number of hydrogen-bond acceptors (Lipinski definition) is 5. The average molecular weight is 466 g/mol. The van der Waals surface area contributed by atoms with E-state index in [-0.39, 0.29) is 23.9 Å². The molecule has 0 bridgehead atoms. The van der Waals surface area contributed by atoms with Gasteiger partial charge in [-0.25, -0.2) is 4.79 Å². The van der Waals surface area contributed by atoms with Crippen LogP contribution in [0.3, 0.4) is 0 Å². The molecule has 2 unspecified atom stereocenters. The summed E-state index contributed by atoms with van der Waals surface area (Å²) in [5.41, 5.74) is 0.345. The molecule has 6 nitrogen and oxygen atoms in total. The van der Waals surface area contributed by atoms with Crippen molar-refractivity contribution in [2.45, 2.75) is 83.6 Å². The molecule has 1 aliphatic heterocycles. The normalized spacial score (nSPS) is 22.7. The molecule has 32 heavy (non-hydrogen) atoms. The van der Waals surface area contributed by atoms with Crippen LogP contribution in [0.4, 0.5) is 0 Å². The number of hydrogen-bond donors (Lipinski definition) is 0. The van der Waals surface area contributed by atoms with Gasteiger partial charge in [0.15, 0.2) is 6.29 Å². The van der Waals surface area contributed by atoms with Gasteiger partial charge >= 0.3 is 5.97 Å². The van der Waals surface area contributed by atoms with Gasteiger partial charge in [-0.05, 0) is 71.1 Å². The lowest BCUT2D eigenvalue weighted by Gasteiger charge is -2.49. The zero-order valence-corrected chi connectivity index (χ0v) is 20.4. The van der Waals surface area contributed by atoms with Crippen molar-refractivity contribution < 1.29 is 23.8 Å². The van der Waals surface area contributed by atoms with E-state index < -0.39 is 17.7 Å². The Balaban J connectivity index is 1.96. The molecule has 1 aromatic carbocycles. The number of piperidine rings is 1. The summed E-state index contributed by atoms with van der Waals surface area (Å²) in [5.74, 6) is -0.664. The van der Waals surface area contributed by atoms with E-state index in [0.29, 0.717) is 24.8 Å². The molecule has 0 spiro atoms. The standard InChI is InChI=1S/C25H36ClNO5/c1-5-30-23(31-6-2)20-9-7-16-27(21(20)22(28)32-17(3)4)24(29)25(14-8-15-25)18-10-12-19(26)13-11-18/h10-13,17,20-21,23H,5-9,14-16H2,1-4H3. The number of nitrogens with zero attached hydrogens (tertiary/aromatic N) is 1. The minimum absolute atomic E-state index is 0.00627. The predicted molar refractivity (Wildman–Crippen MR) is 123 cm³/mol. The third-order valence-corrected chi connectivity index (χ3v) is 6.81. The molecule has 1 aromatic rings. The van der Waals surface area contributed by atoms with Crippen molar-refractivity contribution in [1.29, 1.82) is 0 Å². The van der Waals surface area contributed by atoms with E-state index in [4.69, 9.17) is 25.8 Å². The van der Waals surface area contributed by atoms with E-state index in [1.165, 1.54) is 0 Å². The molecule has 1 heterocycles. The molecule has 0 radical (unpaired) electrons. The Bertz CT molecular complexity index is 771. The lowest BCUT2D eigenvalue weighted by Crippen LogP contribution is -2.62. The molecule has 1 saturated heterocycles. The first-order valence-corrected chi connectivity index (χ1v) is 12.2. The Kier molecular flexibility index (Phi) is 8.59. The fourth-order valence-electron chi connectivity index (χ4n) is 4.97. The third kappa shape index (κ3) is 5.13. The fourth-order valence-corrected chi connectivity index (χ4v) is 5.09. The summed E-state index contributed by atoms with van der Waals surface area (Å²) in [6.45, 7) is 8.92. The first kappa shape index (κ1) is 25.0. The molecular formula is C25H36ClNO5. The molecule has 3 rings (SSSR count). The second kappa shape index (κ2) is 11.0. The van der Waals surface area contributed by atoms with E-state index in [9.17, 15) is 9.59 Å². The summed E-state index contributed by atoms with van der Waals surface area (Å²) in [5, 5.41) is 0.642. The van der Waals surface area contributed by atoms with Crippen LogP contribution >= 0.6 is 11.6 Å². The molecule has 178 valence electrons. The first-order valence-electron chi connectivity index (χ1n) is 11.8. The number of ether oxygens (including phenoxy) is 3. The van der Waals surface area contributed by atoms with Gasteiger partial charge in [-0.2, -0.15) is 0 Å². The molecule has 7 heteroatoms. The number of amides is 1. The lowest BCUT2D eigenvalue weighted by atomic mass is 9.63. The Morgan fingerprint density at radius 3 is 2.22 bits per heavy atom. The first-order chi connectivity index (χ1) is 15.3. The van der Waals surface area contributed by atoms with Crippen LogP contribution in [-0.4, -0.2) is 55.0 Å². The Hall–Kier alpha value is -1.63. The Morgan fingerprint density at radius 1 is 1.09 bits per heavy atom. The lowest BCUT2D eigenvalue weighted by molar-refractivity contribution is -0.201. The highest BCUT2D eigenvalue weighted by Gasteiger charge is 2.53. The SMILES string of the molecule is CCOC(OCC)C1CCCN(C(=O)C2(c3ccc(Cl)cc3)CCC2)C1C(=O)OC(C)C. The van der Waals surface area contributed by atoms with Gasteiger partial charge in [-0.15, -0.1) is 0 Å². The topological polar surface area (TPSA) is 65.1 Å². The van der Waals surface area contributed by atoms with Gasteiger partial charge in [0.2, 0.25) is 5.91 Å². The number of rotatable bonds is 9. The highest BCUT2D eigenvalue weighted by molar-refractivity contribution is 6.30. The highest BCUT2D eigenvalue weighted by Crippen LogP contribution is 2.47. The summed E-state index contributed by atoms with van der Waals surface area (Å²) in [6.07, 6.45) is 3.21. The maximum Gasteiger partial charge on any atom is 0.329 e. The monoisotopic (exact) mass is 465 g/mol. The van der Waals surface area contributed by atoms with Gasteiger partial charge in [0.1, 0.15) is 6.04 Å². The zero-order chi connectivity index (χ0) is 23.3. The number of likely N-dealkylation sites (tertiary alicyclic amines) is 1. The van der Waals surface area contributed by atoms with E-state index in [1.807, 2.05) is 52.0 Å². The summed E-state index contributed by atoms with van der Waals surface area (Å²) in [7, 11) is 0. The zero-order valence-electron chi connectivity index (χ0n) is 19.6. The number of carbonyl (C=O) groups is 2. The van der Waals surface area contributed by atoms with Gasteiger partial charge in [0.25, 0.3) is 0 Å². The number of benzene rings is 1. The smallest absolute Gasteiger partial charge is 0.329 e. The minimum atomic E-state index is -0.730. The molecular weight excluding hydrogens is 430 g/mol. The van der Waals surface area contributed by atoms with Crippen molar-refractivity contribution in [3.8, 4) is 0 Å². The number of halogens is 1. The predicted octanol–water partition coefficient (Wildman–Crippen LogP) is 4.72. The molecule has 0 aromatic heterocycles. The molecule has 0 N–H and O–H groups in total. The summed E-state index contributed by atoms with van der Waals surface area (Å²) in [4.78, 5) is 29.1. The Morgan fingerprint density at radius 2 is 1.72 bits per heavy atom. The van der Waals surface area contributed by atoms with Crippen LogP contribution in [-0.2, 0) is 29.2 Å². The van der Waals surface area contributed by atoms with Crippen LogP contribution < -0.4 is 0 Å². The van der Waals surface area contributed by atoms with Crippen molar-refractivity contribution in [1.82, 2.24) is 4.90 Å². The molecule has 2 aliphatic rings. The minimum Gasteiger partial charge on any atom is -0.461 e. The summed E-state index contributed by atoms with van der Waals surface area (Å²) >= 11 is 6.09. The second-order valence-corrected chi connectivity index (χ2v) is 9.39. The van der Waals surface area contributed by atoms with Crippen LogP contribution in [0.25, 0.3) is 0 Å². The van der Waals surface area contributed by atoms with Crippen LogP contribution in [0.1, 0.15) is 65.4 Å². The van der Waals surface area contributed by atoms with Crippen LogP contribution in [0.5, 0.6) is 0 Å².